The van der Waals surface area contributed by atoms with Crippen molar-refractivity contribution in [2.45, 2.75) is 45.8 Å². The average Bonchev–Trinajstić information content (AvgIpc) is 2.87. The summed E-state index contributed by atoms with van der Waals surface area (Å²) in [4.78, 5) is 5.41. The van der Waals surface area contributed by atoms with Gasteiger partial charge in [-0.3, -0.25) is 9.80 Å². The maximum Gasteiger partial charge on any atom is 0.0661 e. The van der Waals surface area contributed by atoms with Gasteiger partial charge in [0.1, 0.15) is 0 Å². The van der Waals surface area contributed by atoms with Crippen molar-refractivity contribution in [2.24, 2.45) is 0 Å². The highest BCUT2D eigenvalue weighted by molar-refractivity contribution is 5.86. The molecule has 2 aromatic rings. The minimum atomic E-state index is 0. The van der Waals surface area contributed by atoms with Gasteiger partial charge in [-0.05, 0) is 38.1 Å². The second-order valence-corrected chi connectivity index (χ2v) is 6.74. The van der Waals surface area contributed by atoms with Crippen LogP contribution in [-0.4, -0.2) is 46.6 Å². The standard InChI is InChI=1S/C19H27N3.2ClH/c1-4-20-12-13-21(5-2)19-17(20)10-11-22-16-9-7-6-8-15(16)14(3)18(19)22;;/h6-9,17,19H,4-5,10-13H2,1-3H3;2*1H/t17-,19-;;/m1../s1. The molecule has 1 aromatic heterocycles. The van der Waals surface area contributed by atoms with Crippen LogP contribution in [0.1, 0.15) is 37.6 Å². The first kappa shape index (κ1) is 19.6. The highest BCUT2D eigenvalue weighted by Crippen LogP contribution is 2.42. The van der Waals surface area contributed by atoms with E-state index in [-0.39, 0.29) is 24.8 Å². The Morgan fingerprint density at radius 1 is 0.958 bits per heavy atom. The molecule has 0 radical (unpaired) electrons. The Morgan fingerprint density at radius 3 is 2.33 bits per heavy atom. The molecule has 134 valence electrons. The van der Waals surface area contributed by atoms with E-state index in [0.29, 0.717) is 12.1 Å². The molecule has 0 spiro atoms. The van der Waals surface area contributed by atoms with Crippen LogP contribution in [0.25, 0.3) is 10.9 Å². The van der Waals surface area contributed by atoms with Crippen molar-refractivity contribution in [2.75, 3.05) is 26.2 Å². The number of aromatic nitrogens is 1. The Bertz CT molecular complexity index is 697. The summed E-state index contributed by atoms with van der Waals surface area (Å²) in [6.45, 7) is 12.9. The molecule has 0 amide bonds. The van der Waals surface area contributed by atoms with Gasteiger partial charge in [-0.1, -0.05) is 32.0 Å². The fourth-order valence-corrected chi connectivity index (χ4v) is 4.83. The summed E-state index contributed by atoms with van der Waals surface area (Å²) in [5, 5.41) is 1.45. The number of hydrogen-bond acceptors (Lipinski definition) is 2. The normalized spacial score (nSPS) is 24.0. The molecule has 24 heavy (non-hydrogen) atoms. The quantitative estimate of drug-likeness (QED) is 0.783. The average molecular weight is 370 g/mol. The van der Waals surface area contributed by atoms with Gasteiger partial charge in [-0.25, -0.2) is 0 Å². The third-order valence-electron chi connectivity index (χ3n) is 5.92. The molecule has 2 atom stereocenters. The molecule has 2 aliphatic heterocycles. The highest BCUT2D eigenvalue weighted by atomic mass is 35.5. The third kappa shape index (κ3) is 2.76. The lowest BCUT2D eigenvalue weighted by molar-refractivity contribution is 0.00431. The Morgan fingerprint density at radius 2 is 1.62 bits per heavy atom. The van der Waals surface area contributed by atoms with E-state index in [1.165, 1.54) is 49.1 Å². The van der Waals surface area contributed by atoms with Gasteiger partial charge in [0.2, 0.25) is 0 Å². The van der Waals surface area contributed by atoms with Crippen LogP contribution in [0.5, 0.6) is 0 Å². The van der Waals surface area contributed by atoms with Crippen molar-refractivity contribution < 1.29 is 0 Å². The summed E-state index contributed by atoms with van der Waals surface area (Å²) >= 11 is 0. The van der Waals surface area contributed by atoms with Crippen LogP contribution in [0.2, 0.25) is 0 Å². The van der Waals surface area contributed by atoms with E-state index in [0.717, 1.165) is 6.54 Å². The minimum Gasteiger partial charge on any atom is -0.343 e. The molecule has 1 aromatic carbocycles. The van der Waals surface area contributed by atoms with Crippen molar-refractivity contribution in [3.8, 4) is 0 Å². The van der Waals surface area contributed by atoms with Gasteiger partial charge in [-0.2, -0.15) is 0 Å². The highest BCUT2D eigenvalue weighted by Gasteiger charge is 2.41. The van der Waals surface area contributed by atoms with Crippen LogP contribution >= 0.6 is 24.8 Å². The predicted octanol–water partition coefficient (Wildman–Crippen LogP) is 4.26. The summed E-state index contributed by atoms with van der Waals surface area (Å²) in [6.07, 6.45) is 1.28. The molecule has 0 bridgehead atoms. The number of benzene rings is 1. The Kier molecular flexibility index (Phi) is 6.24. The second kappa shape index (κ2) is 7.65. The summed E-state index contributed by atoms with van der Waals surface area (Å²) in [5.74, 6) is 0. The van der Waals surface area contributed by atoms with Crippen LogP contribution in [0.3, 0.4) is 0 Å². The van der Waals surface area contributed by atoms with Crippen LogP contribution in [0.4, 0.5) is 0 Å². The Labute approximate surface area is 157 Å². The third-order valence-corrected chi connectivity index (χ3v) is 5.92. The molecule has 3 nitrogen and oxygen atoms in total. The fourth-order valence-electron chi connectivity index (χ4n) is 4.83. The predicted molar refractivity (Wildman–Crippen MR) is 107 cm³/mol. The van der Waals surface area contributed by atoms with E-state index < -0.39 is 0 Å². The van der Waals surface area contributed by atoms with Gasteiger partial charge >= 0.3 is 0 Å². The zero-order valence-corrected chi connectivity index (χ0v) is 16.5. The maximum atomic E-state index is 2.71. The van der Waals surface area contributed by atoms with Gasteiger partial charge in [0, 0.05) is 42.3 Å². The molecule has 1 fully saturated rings. The lowest BCUT2D eigenvalue weighted by Gasteiger charge is -2.50. The number of rotatable bonds is 2. The van der Waals surface area contributed by atoms with Crippen molar-refractivity contribution in [3.05, 3.63) is 35.5 Å². The Hall–Kier alpha value is -0.740. The van der Waals surface area contributed by atoms with Gasteiger partial charge in [-0.15, -0.1) is 24.8 Å². The first-order valence-corrected chi connectivity index (χ1v) is 8.82. The summed E-state index contributed by atoms with van der Waals surface area (Å²) in [6, 6.07) is 10.2. The summed E-state index contributed by atoms with van der Waals surface area (Å²) < 4.78 is 2.60. The monoisotopic (exact) mass is 369 g/mol. The zero-order valence-electron chi connectivity index (χ0n) is 14.9. The molecule has 2 aliphatic rings. The minimum absolute atomic E-state index is 0. The van der Waals surface area contributed by atoms with E-state index in [1.807, 2.05) is 0 Å². The van der Waals surface area contributed by atoms with Crippen molar-refractivity contribution in [1.29, 1.82) is 0 Å². The molecule has 0 saturated carbocycles. The Balaban J connectivity index is 0.00000104. The lowest BCUT2D eigenvalue weighted by Crippen LogP contribution is -2.57. The molecule has 4 rings (SSSR count). The van der Waals surface area contributed by atoms with Crippen LogP contribution in [-0.2, 0) is 6.54 Å². The van der Waals surface area contributed by atoms with E-state index >= 15 is 0 Å². The lowest BCUT2D eigenvalue weighted by atomic mass is 9.90. The molecular formula is C19H29Cl2N3. The number of likely N-dealkylation sites (N-methyl/N-ethyl adjacent to an activating group) is 2. The number of halogens is 2. The number of aryl methyl sites for hydroxylation is 2. The van der Waals surface area contributed by atoms with Crippen LogP contribution in [0.15, 0.2) is 24.3 Å². The van der Waals surface area contributed by atoms with Gasteiger partial charge in [0.05, 0.1) is 6.04 Å². The largest absolute Gasteiger partial charge is 0.343 e. The van der Waals surface area contributed by atoms with Crippen LogP contribution < -0.4 is 0 Å². The molecule has 1 saturated heterocycles. The smallest absolute Gasteiger partial charge is 0.0661 e. The number of fused-ring (bicyclic) bond motifs is 5. The van der Waals surface area contributed by atoms with E-state index in [2.05, 4.69) is 59.4 Å². The molecule has 0 aliphatic carbocycles. The first-order valence-electron chi connectivity index (χ1n) is 8.82. The number of piperazine rings is 1. The first-order chi connectivity index (χ1) is 10.8. The van der Waals surface area contributed by atoms with E-state index in [1.54, 1.807) is 5.69 Å². The fraction of sp³-hybridized carbons (Fsp3) is 0.579. The topological polar surface area (TPSA) is 11.4 Å². The maximum absolute atomic E-state index is 2.71. The number of para-hydroxylation sites is 1. The number of hydrogen-bond donors (Lipinski definition) is 0. The molecule has 0 N–H and O–H groups in total. The molecule has 3 heterocycles. The van der Waals surface area contributed by atoms with Gasteiger partial charge < -0.3 is 4.57 Å². The van der Waals surface area contributed by atoms with E-state index in [9.17, 15) is 0 Å². The SMILES string of the molecule is CCN1CCN(CC)[C@H]2c3c(C)c4ccccc4n3CC[C@H]21.Cl.Cl. The zero-order chi connectivity index (χ0) is 15.3. The molecule has 0 unspecified atom stereocenters. The number of nitrogens with zero attached hydrogens (tertiary/aromatic N) is 3. The van der Waals surface area contributed by atoms with Gasteiger partial charge in [0.25, 0.3) is 0 Å². The van der Waals surface area contributed by atoms with Crippen molar-refractivity contribution in [1.82, 2.24) is 14.4 Å². The van der Waals surface area contributed by atoms with E-state index in [4.69, 9.17) is 0 Å². The molecular weight excluding hydrogens is 341 g/mol. The van der Waals surface area contributed by atoms with Crippen molar-refractivity contribution in [3.63, 3.8) is 0 Å². The summed E-state index contributed by atoms with van der Waals surface area (Å²) in [7, 11) is 0. The summed E-state index contributed by atoms with van der Waals surface area (Å²) in [5.41, 5.74) is 4.51. The second-order valence-electron chi connectivity index (χ2n) is 6.74. The van der Waals surface area contributed by atoms with Crippen LogP contribution in [0, 0.1) is 6.92 Å². The van der Waals surface area contributed by atoms with Gasteiger partial charge in [0.15, 0.2) is 0 Å². The molecule has 5 heteroatoms. The van der Waals surface area contributed by atoms with Crippen molar-refractivity contribution >= 4 is 35.7 Å².